The highest BCUT2D eigenvalue weighted by Gasteiger charge is 2.10. The summed E-state index contributed by atoms with van der Waals surface area (Å²) in [5.74, 6) is 0.451. The number of aromatic nitrogens is 3. The molecule has 192 valence electrons. The summed E-state index contributed by atoms with van der Waals surface area (Å²) in [6.07, 6.45) is 3.10. The van der Waals surface area contributed by atoms with Gasteiger partial charge in [0.2, 0.25) is 0 Å². The van der Waals surface area contributed by atoms with Crippen LogP contribution in [0.4, 0.5) is 11.4 Å². The molecule has 0 aliphatic heterocycles. The summed E-state index contributed by atoms with van der Waals surface area (Å²) in [6, 6.07) is 22.5. The van der Waals surface area contributed by atoms with Crippen LogP contribution in [0.5, 0.6) is 5.75 Å². The van der Waals surface area contributed by atoms with Crippen LogP contribution in [0.2, 0.25) is 0 Å². The molecule has 38 heavy (non-hydrogen) atoms. The topological polar surface area (TPSA) is 129 Å². The maximum atomic E-state index is 12.5. The minimum atomic E-state index is -3.87. The number of benzene rings is 3. The van der Waals surface area contributed by atoms with Crippen LogP contribution < -0.4 is 9.46 Å². The molecule has 10 nitrogen and oxygen atoms in total. The lowest BCUT2D eigenvalue weighted by molar-refractivity contribution is -0.384. The minimum Gasteiger partial charge on any atom is -0.487 e. The van der Waals surface area contributed by atoms with E-state index < -0.39 is 14.9 Å². The number of thiophene rings is 1. The summed E-state index contributed by atoms with van der Waals surface area (Å²) in [4.78, 5) is 11.5. The first kappa shape index (κ1) is 25.1. The molecule has 5 aromatic rings. The molecule has 2 heterocycles. The Labute approximate surface area is 222 Å². The molecule has 0 aliphatic carbocycles. The molecular formula is C26H21N5O5S2. The Morgan fingerprint density at radius 2 is 1.89 bits per heavy atom. The van der Waals surface area contributed by atoms with E-state index in [1.807, 2.05) is 18.3 Å². The zero-order chi connectivity index (χ0) is 26.5. The number of non-ortho nitro benzene ring substituents is 1. The van der Waals surface area contributed by atoms with Gasteiger partial charge in [0.1, 0.15) is 18.1 Å². The Balaban J connectivity index is 1.18. The number of nitrogens with zero attached hydrogens (tertiary/aromatic N) is 4. The molecule has 0 saturated carbocycles. The molecule has 0 radical (unpaired) electrons. The summed E-state index contributed by atoms with van der Waals surface area (Å²) >= 11 is 1.71. The van der Waals surface area contributed by atoms with E-state index in [0.29, 0.717) is 29.2 Å². The van der Waals surface area contributed by atoms with Crippen molar-refractivity contribution in [3.05, 3.63) is 117 Å². The Hall–Kier alpha value is -4.55. The second-order valence-corrected chi connectivity index (χ2v) is 11.0. The van der Waals surface area contributed by atoms with E-state index in [9.17, 15) is 18.5 Å². The average molecular weight is 548 g/mol. The maximum absolute atomic E-state index is 12.5. The van der Waals surface area contributed by atoms with E-state index in [4.69, 9.17) is 4.74 Å². The van der Waals surface area contributed by atoms with Crippen LogP contribution in [0.3, 0.4) is 0 Å². The lowest BCUT2D eigenvalue weighted by Crippen LogP contribution is -2.09. The van der Waals surface area contributed by atoms with Crippen LogP contribution in [0.15, 0.2) is 90.5 Å². The molecule has 0 unspecified atom stereocenters. The van der Waals surface area contributed by atoms with Crippen molar-refractivity contribution >= 4 is 48.9 Å². The highest BCUT2D eigenvalue weighted by Crippen LogP contribution is 2.26. The van der Waals surface area contributed by atoms with Crippen LogP contribution in [-0.2, 0) is 23.2 Å². The molecule has 2 aromatic heterocycles. The predicted molar refractivity (Wildman–Crippen MR) is 146 cm³/mol. The highest BCUT2D eigenvalue weighted by atomic mass is 32.2. The number of nitro benzene ring substituents is 1. The van der Waals surface area contributed by atoms with E-state index in [2.05, 4.69) is 33.2 Å². The molecule has 0 atom stereocenters. The third-order valence-corrected chi connectivity index (χ3v) is 7.50. The molecule has 5 rings (SSSR count). The monoisotopic (exact) mass is 547 g/mol. The van der Waals surface area contributed by atoms with Crippen molar-refractivity contribution in [2.75, 3.05) is 4.72 Å². The molecule has 0 amide bonds. The van der Waals surface area contributed by atoms with Crippen molar-refractivity contribution in [2.45, 2.75) is 13.2 Å². The van der Waals surface area contributed by atoms with Crippen molar-refractivity contribution in [3.63, 3.8) is 0 Å². The molecule has 0 bridgehead atoms. The largest absolute Gasteiger partial charge is 0.487 e. The summed E-state index contributed by atoms with van der Waals surface area (Å²) in [5.41, 5.74) is 1.21. The standard InChI is InChI=1S/C26H21N5O5S2/c32-31(33)23-8-3-5-19(13-23)11-12-38(34,35)28-21-7-4-9-24(15-21)36-18-22-16-30(29-27-22)17-25-14-20-6-1-2-10-26(20)37-25/h1-16,28H,17-18H2/b12-11+. The number of fused-ring (bicyclic) bond motifs is 1. The second-order valence-electron chi connectivity index (χ2n) is 8.28. The summed E-state index contributed by atoms with van der Waals surface area (Å²) in [7, 11) is -3.87. The van der Waals surface area contributed by atoms with E-state index in [-0.39, 0.29) is 12.3 Å². The Bertz CT molecular complexity index is 1710. The Kier molecular flexibility index (Phi) is 7.15. The number of anilines is 1. The molecule has 3 aromatic carbocycles. The van der Waals surface area contributed by atoms with Crippen LogP contribution >= 0.6 is 11.3 Å². The fourth-order valence-electron chi connectivity index (χ4n) is 3.67. The molecule has 0 saturated heterocycles. The molecule has 12 heteroatoms. The smallest absolute Gasteiger partial charge is 0.270 e. The van der Waals surface area contributed by atoms with Crippen molar-refractivity contribution in [1.29, 1.82) is 0 Å². The second kappa shape index (κ2) is 10.8. The zero-order valence-corrected chi connectivity index (χ0v) is 21.4. The molecule has 1 N–H and O–H groups in total. The third-order valence-electron chi connectivity index (χ3n) is 5.38. The number of ether oxygens (including phenoxy) is 1. The number of hydrogen-bond donors (Lipinski definition) is 1. The molecule has 0 spiro atoms. The number of hydrogen-bond acceptors (Lipinski definition) is 8. The summed E-state index contributed by atoms with van der Waals surface area (Å²) < 4.78 is 36.2. The lowest BCUT2D eigenvalue weighted by atomic mass is 10.2. The van der Waals surface area contributed by atoms with Crippen molar-refractivity contribution in [2.24, 2.45) is 0 Å². The van der Waals surface area contributed by atoms with Gasteiger partial charge < -0.3 is 4.74 Å². The predicted octanol–water partition coefficient (Wildman–Crippen LogP) is 5.44. The first-order valence-electron chi connectivity index (χ1n) is 11.4. The van der Waals surface area contributed by atoms with Gasteiger partial charge in [-0.2, -0.15) is 0 Å². The van der Waals surface area contributed by atoms with Crippen molar-refractivity contribution in [1.82, 2.24) is 15.0 Å². The number of nitro groups is 1. The zero-order valence-electron chi connectivity index (χ0n) is 19.8. The van der Waals surface area contributed by atoms with Gasteiger partial charge in [0.25, 0.3) is 15.7 Å². The fraction of sp³-hybridized carbons (Fsp3) is 0.0769. The SMILES string of the molecule is O=[N+]([O-])c1cccc(/C=C/S(=O)(=O)Nc2cccc(OCc3cn(Cc4cc5ccccc5s4)nn3)c2)c1. The van der Waals surface area contributed by atoms with Gasteiger partial charge in [-0.05, 0) is 41.3 Å². The van der Waals surface area contributed by atoms with Crippen LogP contribution in [-0.4, -0.2) is 28.3 Å². The lowest BCUT2D eigenvalue weighted by Gasteiger charge is -2.08. The normalized spacial score (nSPS) is 11.7. The van der Waals surface area contributed by atoms with Crippen molar-refractivity contribution < 1.29 is 18.1 Å². The summed E-state index contributed by atoms with van der Waals surface area (Å²) in [5, 5.41) is 21.4. The van der Waals surface area contributed by atoms with Gasteiger partial charge in [-0.3, -0.25) is 14.8 Å². The van der Waals surface area contributed by atoms with Crippen LogP contribution in [0.1, 0.15) is 16.1 Å². The first-order valence-corrected chi connectivity index (χ1v) is 13.7. The minimum absolute atomic E-state index is 0.123. The molecule has 0 fully saturated rings. The Morgan fingerprint density at radius 3 is 2.74 bits per heavy atom. The van der Waals surface area contributed by atoms with Crippen molar-refractivity contribution in [3.8, 4) is 5.75 Å². The van der Waals surface area contributed by atoms with Gasteiger partial charge in [-0.25, -0.2) is 13.1 Å². The quantitative estimate of drug-likeness (QED) is 0.182. The number of rotatable bonds is 10. The fourth-order valence-corrected chi connectivity index (χ4v) is 5.59. The highest BCUT2D eigenvalue weighted by molar-refractivity contribution is 7.95. The van der Waals surface area contributed by atoms with Gasteiger partial charge in [0.05, 0.1) is 28.8 Å². The van der Waals surface area contributed by atoms with Gasteiger partial charge in [-0.1, -0.05) is 41.6 Å². The van der Waals surface area contributed by atoms with E-state index in [1.54, 1.807) is 46.4 Å². The van der Waals surface area contributed by atoms with Crippen LogP contribution in [0.25, 0.3) is 16.2 Å². The third kappa shape index (κ3) is 6.41. The number of sulfonamides is 1. The van der Waals surface area contributed by atoms with Gasteiger partial charge in [-0.15, -0.1) is 16.4 Å². The Morgan fingerprint density at radius 1 is 1.05 bits per heavy atom. The van der Waals surface area contributed by atoms with Gasteiger partial charge >= 0.3 is 0 Å². The number of nitrogens with one attached hydrogen (secondary N) is 1. The van der Waals surface area contributed by atoms with Gasteiger partial charge in [0.15, 0.2) is 0 Å². The van der Waals surface area contributed by atoms with Gasteiger partial charge in [0, 0.05) is 27.8 Å². The van der Waals surface area contributed by atoms with Crippen LogP contribution in [0, 0.1) is 10.1 Å². The first-order chi connectivity index (χ1) is 18.3. The van der Waals surface area contributed by atoms with E-state index in [0.717, 1.165) is 5.41 Å². The molecule has 0 aliphatic rings. The summed E-state index contributed by atoms with van der Waals surface area (Å²) in [6.45, 7) is 0.767. The molecular weight excluding hydrogens is 526 g/mol. The van der Waals surface area contributed by atoms with E-state index in [1.165, 1.54) is 39.2 Å². The maximum Gasteiger partial charge on any atom is 0.270 e. The van der Waals surface area contributed by atoms with E-state index >= 15 is 0 Å². The average Bonchev–Trinajstić information content (AvgIpc) is 3.53.